The van der Waals surface area contributed by atoms with Gasteiger partial charge in [0.25, 0.3) is 0 Å². The van der Waals surface area contributed by atoms with E-state index in [1.807, 2.05) is 36.4 Å². The van der Waals surface area contributed by atoms with Crippen molar-refractivity contribution in [1.82, 2.24) is 24.3 Å². The molecule has 0 aliphatic carbocycles. The molecule has 0 amide bonds. The summed E-state index contributed by atoms with van der Waals surface area (Å²) in [7, 11) is 3.86. The summed E-state index contributed by atoms with van der Waals surface area (Å²) in [5.74, 6) is 1.69. The van der Waals surface area contributed by atoms with Crippen LogP contribution < -0.4 is 0 Å². The number of nitrogens with zero attached hydrogens (tertiary/aromatic N) is 5. The first-order valence-electron chi connectivity index (χ1n) is 4.03. The fourth-order valence-corrected chi connectivity index (χ4v) is 1.16. The second-order valence-corrected chi connectivity index (χ2v) is 3.05. The molecule has 13 heavy (non-hydrogen) atoms. The van der Waals surface area contributed by atoms with Crippen LogP contribution in [0, 0.1) is 6.92 Å². The highest BCUT2D eigenvalue weighted by molar-refractivity contribution is 5.47. The molecular weight excluding hydrogens is 166 g/mol. The van der Waals surface area contributed by atoms with Crippen LogP contribution in [0.5, 0.6) is 0 Å². The van der Waals surface area contributed by atoms with E-state index in [1.165, 1.54) is 0 Å². The lowest BCUT2D eigenvalue weighted by atomic mass is 10.4. The summed E-state index contributed by atoms with van der Waals surface area (Å²) in [4.78, 5) is 4.20. The zero-order chi connectivity index (χ0) is 9.42. The molecule has 5 heteroatoms. The third kappa shape index (κ3) is 1.22. The Labute approximate surface area is 76.0 Å². The molecule has 0 aliphatic rings. The fraction of sp³-hybridized carbons (Fsp3) is 0.375. The van der Waals surface area contributed by atoms with Crippen LogP contribution in [0.1, 0.15) is 5.82 Å². The van der Waals surface area contributed by atoms with Crippen molar-refractivity contribution in [2.75, 3.05) is 0 Å². The SMILES string of the molecule is Cc1nnc(-c2cn(C)cn2)n1C. The Bertz CT molecular complexity index is 425. The number of imidazole rings is 1. The van der Waals surface area contributed by atoms with Crippen LogP contribution in [0.25, 0.3) is 11.5 Å². The maximum absolute atomic E-state index is 4.20. The molecule has 2 aromatic heterocycles. The second kappa shape index (κ2) is 2.69. The van der Waals surface area contributed by atoms with Gasteiger partial charge in [-0.25, -0.2) is 4.98 Å². The molecule has 2 aromatic rings. The number of hydrogen-bond acceptors (Lipinski definition) is 3. The average Bonchev–Trinajstić information content (AvgIpc) is 2.62. The molecule has 0 radical (unpaired) electrons. The van der Waals surface area contributed by atoms with Crippen LogP contribution >= 0.6 is 0 Å². The normalized spacial score (nSPS) is 10.7. The minimum atomic E-state index is 0.804. The molecule has 0 N–H and O–H groups in total. The molecule has 0 unspecified atom stereocenters. The van der Waals surface area contributed by atoms with E-state index in [0.717, 1.165) is 17.3 Å². The highest BCUT2D eigenvalue weighted by Gasteiger charge is 2.09. The smallest absolute Gasteiger partial charge is 0.183 e. The van der Waals surface area contributed by atoms with Crippen molar-refractivity contribution in [3.05, 3.63) is 18.3 Å². The summed E-state index contributed by atoms with van der Waals surface area (Å²) in [6.45, 7) is 1.92. The first-order valence-corrected chi connectivity index (χ1v) is 4.03. The van der Waals surface area contributed by atoms with Crippen molar-refractivity contribution in [2.24, 2.45) is 14.1 Å². The van der Waals surface area contributed by atoms with Crippen molar-refractivity contribution in [2.45, 2.75) is 6.92 Å². The first-order chi connectivity index (χ1) is 6.18. The average molecular weight is 177 g/mol. The van der Waals surface area contributed by atoms with Gasteiger partial charge in [-0.2, -0.15) is 0 Å². The van der Waals surface area contributed by atoms with Gasteiger partial charge in [-0.1, -0.05) is 0 Å². The first kappa shape index (κ1) is 7.97. The van der Waals surface area contributed by atoms with Gasteiger partial charge in [0.1, 0.15) is 11.5 Å². The van der Waals surface area contributed by atoms with Gasteiger partial charge in [0.15, 0.2) is 5.82 Å². The summed E-state index contributed by atoms with van der Waals surface area (Å²) in [5, 5.41) is 8.00. The van der Waals surface area contributed by atoms with Crippen LogP contribution in [-0.4, -0.2) is 24.3 Å². The maximum atomic E-state index is 4.20. The van der Waals surface area contributed by atoms with E-state index >= 15 is 0 Å². The van der Waals surface area contributed by atoms with Crippen molar-refractivity contribution >= 4 is 0 Å². The van der Waals surface area contributed by atoms with Crippen LogP contribution in [0.4, 0.5) is 0 Å². The molecule has 2 heterocycles. The molecule has 2 rings (SSSR count). The third-order valence-corrected chi connectivity index (χ3v) is 2.03. The van der Waals surface area contributed by atoms with E-state index in [1.54, 1.807) is 6.33 Å². The molecule has 0 atom stereocenters. The van der Waals surface area contributed by atoms with Crippen LogP contribution in [-0.2, 0) is 14.1 Å². The largest absolute Gasteiger partial charge is 0.340 e. The molecule has 0 bridgehead atoms. The fourth-order valence-electron chi connectivity index (χ4n) is 1.16. The van der Waals surface area contributed by atoms with Crippen molar-refractivity contribution in [3.8, 4) is 11.5 Å². The van der Waals surface area contributed by atoms with E-state index in [2.05, 4.69) is 15.2 Å². The van der Waals surface area contributed by atoms with Gasteiger partial charge in [-0.05, 0) is 6.92 Å². The number of aromatic nitrogens is 5. The second-order valence-electron chi connectivity index (χ2n) is 3.05. The van der Waals surface area contributed by atoms with Gasteiger partial charge in [-0.3, -0.25) is 0 Å². The maximum Gasteiger partial charge on any atom is 0.183 e. The van der Waals surface area contributed by atoms with E-state index in [4.69, 9.17) is 0 Å². The van der Waals surface area contributed by atoms with Gasteiger partial charge in [0.05, 0.1) is 6.33 Å². The molecule has 0 aromatic carbocycles. The van der Waals surface area contributed by atoms with Crippen molar-refractivity contribution in [3.63, 3.8) is 0 Å². The van der Waals surface area contributed by atoms with E-state index in [0.29, 0.717) is 0 Å². The van der Waals surface area contributed by atoms with Gasteiger partial charge in [0.2, 0.25) is 0 Å². The molecule has 0 fully saturated rings. The molecule has 0 saturated carbocycles. The van der Waals surface area contributed by atoms with Crippen molar-refractivity contribution in [1.29, 1.82) is 0 Å². The minimum absolute atomic E-state index is 0.804. The Morgan fingerprint density at radius 1 is 1.23 bits per heavy atom. The van der Waals surface area contributed by atoms with Crippen LogP contribution in [0.15, 0.2) is 12.5 Å². The third-order valence-electron chi connectivity index (χ3n) is 2.03. The lowest BCUT2D eigenvalue weighted by Gasteiger charge is -1.96. The predicted octanol–water partition coefficient (Wildman–Crippen LogP) is 0.524. The van der Waals surface area contributed by atoms with Gasteiger partial charge >= 0.3 is 0 Å². The monoisotopic (exact) mass is 177 g/mol. The number of hydrogen-bond donors (Lipinski definition) is 0. The lowest BCUT2D eigenvalue weighted by molar-refractivity contribution is 0.862. The van der Waals surface area contributed by atoms with Gasteiger partial charge < -0.3 is 9.13 Å². The Kier molecular flexibility index (Phi) is 1.65. The van der Waals surface area contributed by atoms with E-state index in [-0.39, 0.29) is 0 Å². The zero-order valence-electron chi connectivity index (χ0n) is 7.89. The Morgan fingerprint density at radius 3 is 2.46 bits per heavy atom. The lowest BCUT2D eigenvalue weighted by Crippen LogP contribution is -1.94. The van der Waals surface area contributed by atoms with Crippen molar-refractivity contribution < 1.29 is 0 Å². The van der Waals surface area contributed by atoms with E-state index in [9.17, 15) is 0 Å². The predicted molar refractivity (Wildman–Crippen MR) is 47.9 cm³/mol. The topological polar surface area (TPSA) is 48.5 Å². The Balaban J connectivity index is 2.52. The number of rotatable bonds is 1. The summed E-state index contributed by atoms with van der Waals surface area (Å²) in [5.41, 5.74) is 0.852. The summed E-state index contributed by atoms with van der Waals surface area (Å²) < 4.78 is 3.81. The highest BCUT2D eigenvalue weighted by atomic mass is 15.3. The quantitative estimate of drug-likeness (QED) is 0.638. The van der Waals surface area contributed by atoms with Gasteiger partial charge in [-0.15, -0.1) is 10.2 Å². The molecule has 0 saturated heterocycles. The molecule has 5 nitrogen and oxygen atoms in total. The zero-order valence-corrected chi connectivity index (χ0v) is 7.89. The minimum Gasteiger partial charge on any atom is -0.340 e. The molecule has 0 aliphatic heterocycles. The summed E-state index contributed by atoms with van der Waals surface area (Å²) in [6, 6.07) is 0. The van der Waals surface area contributed by atoms with E-state index < -0.39 is 0 Å². The standard InChI is InChI=1S/C8H11N5/c1-6-10-11-8(13(6)3)7-4-12(2)5-9-7/h4-5H,1-3H3. The Hall–Kier alpha value is -1.65. The molecule has 68 valence electrons. The van der Waals surface area contributed by atoms with Gasteiger partial charge in [0, 0.05) is 20.3 Å². The summed E-state index contributed by atoms with van der Waals surface area (Å²) in [6.07, 6.45) is 3.67. The highest BCUT2D eigenvalue weighted by Crippen LogP contribution is 2.13. The Morgan fingerprint density at radius 2 is 2.00 bits per heavy atom. The van der Waals surface area contributed by atoms with Crippen LogP contribution in [0.3, 0.4) is 0 Å². The van der Waals surface area contributed by atoms with Crippen LogP contribution in [0.2, 0.25) is 0 Å². The number of aryl methyl sites for hydroxylation is 2. The summed E-state index contributed by atoms with van der Waals surface area (Å²) >= 11 is 0. The molecule has 0 spiro atoms. The molecular formula is C8H11N5.